The average Bonchev–Trinajstić information content (AvgIpc) is 2.66. The van der Waals surface area contributed by atoms with E-state index in [0.29, 0.717) is 24.7 Å². The van der Waals surface area contributed by atoms with Crippen molar-refractivity contribution < 1.29 is 14.2 Å². The van der Waals surface area contributed by atoms with Crippen LogP contribution in [0.1, 0.15) is 13.8 Å². The SMILES string of the molecule is COc1c(Cl)ncnc1NCC1COC(C)(C)O1. The molecule has 6 nitrogen and oxygen atoms in total. The van der Waals surface area contributed by atoms with Crippen LogP contribution in [-0.2, 0) is 9.47 Å². The third-order valence-electron chi connectivity index (χ3n) is 2.53. The molecule has 0 amide bonds. The van der Waals surface area contributed by atoms with Crippen LogP contribution >= 0.6 is 11.6 Å². The summed E-state index contributed by atoms with van der Waals surface area (Å²) in [6, 6.07) is 0. The van der Waals surface area contributed by atoms with Crippen molar-refractivity contribution in [1.29, 1.82) is 0 Å². The quantitative estimate of drug-likeness (QED) is 0.843. The molecule has 1 fully saturated rings. The Morgan fingerprint density at radius 2 is 2.33 bits per heavy atom. The Morgan fingerprint density at radius 3 is 2.94 bits per heavy atom. The summed E-state index contributed by atoms with van der Waals surface area (Å²) in [6.45, 7) is 4.87. The third kappa shape index (κ3) is 3.01. The molecule has 1 aliphatic heterocycles. The summed E-state index contributed by atoms with van der Waals surface area (Å²) in [4.78, 5) is 7.93. The van der Waals surface area contributed by atoms with Crippen molar-refractivity contribution in [2.24, 2.45) is 0 Å². The van der Waals surface area contributed by atoms with Crippen LogP contribution in [0.5, 0.6) is 5.75 Å². The molecule has 1 aliphatic rings. The lowest BCUT2D eigenvalue weighted by atomic mass is 10.3. The highest BCUT2D eigenvalue weighted by Gasteiger charge is 2.32. The summed E-state index contributed by atoms with van der Waals surface area (Å²) < 4.78 is 16.3. The van der Waals surface area contributed by atoms with Gasteiger partial charge in [0.1, 0.15) is 12.4 Å². The predicted octanol–water partition coefficient (Wildman–Crippen LogP) is 1.70. The van der Waals surface area contributed by atoms with E-state index in [2.05, 4.69) is 15.3 Å². The second kappa shape index (κ2) is 5.26. The molecule has 1 aromatic heterocycles. The molecule has 0 aromatic carbocycles. The highest BCUT2D eigenvalue weighted by molar-refractivity contribution is 6.31. The fourth-order valence-corrected chi connectivity index (χ4v) is 1.94. The number of rotatable bonds is 4. The molecule has 2 heterocycles. The minimum atomic E-state index is -0.528. The molecule has 1 N–H and O–H groups in total. The standard InChI is InChI=1S/C11H16ClN3O3/c1-11(2)17-5-7(18-11)4-13-10-8(16-3)9(12)14-6-15-10/h6-7H,4-5H2,1-3H3,(H,13,14,15). The summed E-state index contributed by atoms with van der Waals surface area (Å²) in [5, 5.41) is 3.40. The van der Waals surface area contributed by atoms with Crippen LogP contribution in [0.15, 0.2) is 6.33 Å². The minimum absolute atomic E-state index is 0.0292. The van der Waals surface area contributed by atoms with E-state index >= 15 is 0 Å². The maximum absolute atomic E-state index is 5.90. The van der Waals surface area contributed by atoms with E-state index < -0.39 is 5.79 Å². The molecule has 1 atom stereocenters. The molecule has 0 spiro atoms. The Labute approximate surface area is 111 Å². The fraction of sp³-hybridized carbons (Fsp3) is 0.636. The molecule has 1 unspecified atom stereocenters. The van der Waals surface area contributed by atoms with Gasteiger partial charge < -0.3 is 19.5 Å². The van der Waals surface area contributed by atoms with Gasteiger partial charge in [0.15, 0.2) is 22.5 Å². The average molecular weight is 274 g/mol. The van der Waals surface area contributed by atoms with Crippen molar-refractivity contribution in [2.75, 3.05) is 25.6 Å². The van der Waals surface area contributed by atoms with Crippen LogP contribution in [0.25, 0.3) is 0 Å². The van der Waals surface area contributed by atoms with Gasteiger partial charge in [0.05, 0.1) is 13.7 Å². The molecule has 100 valence electrons. The first-order valence-corrected chi connectivity index (χ1v) is 6.00. The number of hydrogen-bond acceptors (Lipinski definition) is 6. The highest BCUT2D eigenvalue weighted by Crippen LogP contribution is 2.29. The number of nitrogens with one attached hydrogen (secondary N) is 1. The molecular formula is C11H16ClN3O3. The van der Waals surface area contributed by atoms with Crippen molar-refractivity contribution in [3.05, 3.63) is 11.5 Å². The van der Waals surface area contributed by atoms with Gasteiger partial charge in [-0.3, -0.25) is 0 Å². The highest BCUT2D eigenvalue weighted by atomic mass is 35.5. The molecule has 0 aliphatic carbocycles. The van der Waals surface area contributed by atoms with E-state index in [0.717, 1.165) is 0 Å². The zero-order valence-electron chi connectivity index (χ0n) is 10.6. The van der Waals surface area contributed by atoms with Crippen molar-refractivity contribution in [3.63, 3.8) is 0 Å². The maximum atomic E-state index is 5.90. The number of anilines is 1. The van der Waals surface area contributed by atoms with E-state index in [1.165, 1.54) is 13.4 Å². The van der Waals surface area contributed by atoms with Crippen molar-refractivity contribution in [1.82, 2.24) is 9.97 Å². The van der Waals surface area contributed by atoms with Crippen LogP contribution < -0.4 is 10.1 Å². The molecule has 1 aromatic rings. The predicted molar refractivity (Wildman–Crippen MR) is 67.0 cm³/mol. The Kier molecular flexibility index (Phi) is 3.89. The van der Waals surface area contributed by atoms with Gasteiger partial charge in [0.25, 0.3) is 0 Å². The number of hydrogen-bond donors (Lipinski definition) is 1. The van der Waals surface area contributed by atoms with Gasteiger partial charge in [-0.2, -0.15) is 0 Å². The lowest BCUT2D eigenvalue weighted by Crippen LogP contribution is -2.26. The van der Waals surface area contributed by atoms with Crippen LogP contribution in [0.4, 0.5) is 5.82 Å². The first kappa shape index (κ1) is 13.3. The molecule has 2 rings (SSSR count). The van der Waals surface area contributed by atoms with Crippen LogP contribution in [0.3, 0.4) is 0 Å². The summed E-state index contributed by atoms with van der Waals surface area (Å²) in [7, 11) is 1.52. The van der Waals surface area contributed by atoms with E-state index in [-0.39, 0.29) is 11.3 Å². The lowest BCUT2D eigenvalue weighted by Gasteiger charge is -2.17. The molecule has 1 saturated heterocycles. The Balaban J connectivity index is 1.97. The number of methoxy groups -OCH3 is 1. The number of ether oxygens (including phenoxy) is 3. The van der Waals surface area contributed by atoms with Gasteiger partial charge in [-0.15, -0.1) is 0 Å². The molecule has 0 radical (unpaired) electrons. The lowest BCUT2D eigenvalue weighted by molar-refractivity contribution is -0.136. The second-order valence-electron chi connectivity index (χ2n) is 4.38. The molecule has 18 heavy (non-hydrogen) atoms. The van der Waals surface area contributed by atoms with Gasteiger partial charge in [0.2, 0.25) is 0 Å². The van der Waals surface area contributed by atoms with E-state index in [9.17, 15) is 0 Å². The molecule has 7 heteroatoms. The van der Waals surface area contributed by atoms with Crippen molar-refractivity contribution in [2.45, 2.75) is 25.7 Å². The Morgan fingerprint density at radius 1 is 1.56 bits per heavy atom. The monoisotopic (exact) mass is 273 g/mol. The minimum Gasteiger partial charge on any atom is -0.490 e. The number of halogens is 1. The third-order valence-corrected chi connectivity index (χ3v) is 2.80. The molecular weight excluding hydrogens is 258 g/mol. The van der Waals surface area contributed by atoms with Gasteiger partial charge >= 0.3 is 0 Å². The topological polar surface area (TPSA) is 65.5 Å². The second-order valence-corrected chi connectivity index (χ2v) is 4.74. The zero-order valence-corrected chi connectivity index (χ0v) is 11.3. The number of aromatic nitrogens is 2. The molecule has 0 saturated carbocycles. The van der Waals surface area contributed by atoms with Gasteiger partial charge in [0, 0.05) is 6.54 Å². The van der Waals surface area contributed by atoms with Crippen molar-refractivity contribution >= 4 is 17.4 Å². The summed E-state index contributed by atoms with van der Waals surface area (Å²) in [5.41, 5.74) is 0. The summed E-state index contributed by atoms with van der Waals surface area (Å²) in [5.74, 6) is 0.447. The van der Waals surface area contributed by atoms with Crippen LogP contribution in [0.2, 0.25) is 5.15 Å². The van der Waals surface area contributed by atoms with Crippen LogP contribution in [0, 0.1) is 0 Å². The largest absolute Gasteiger partial charge is 0.490 e. The van der Waals surface area contributed by atoms with E-state index in [4.69, 9.17) is 25.8 Å². The fourth-order valence-electron chi connectivity index (χ4n) is 1.73. The van der Waals surface area contributed by atoms with Crippen LogP contribution in [-0.4, -0.2) is 42.1 Å². The van der Waals surface area contributed by atoms with E-state index in [1.807, 2.05) is 13.8 Å². The Bertz CT molecular complexity index is 428. The Hall–Kier alpha value is -1.11. The van der Waals surface area contributed by atoms with Gasteiger partial charge in [-0.25, -0.2) is 9.97 Å². The first-order chi connectivity index (χ1) is 8.52. The number of nitrogens with zero attached hydrogens (tertiary/aromatic N) is 2. The summed E-state index contributed by atoms with van der Waals surface area (Å²) >= 11 is 5.90. The molecule has 0 bridgehead atoms. The van der Waals surface area contributed by atoms with E-state index in [1.54, 1.807) is 0 Å². The van der Waals surface area contributed by atoms with Gasteiger partial charge in [-0.1, -0.05) is 11.6 Å². The normalized spacial score (nSPS) is 21.9. The maximum Gasteiger partial charge on any atom is 0.198 e. The smallest absolute Gasteiger partial charge is 0.198 e. The van der Waals surface area contributed by atoms with Gasteiger partial charge in [-0.05, 0) is 13.8 Å². The van der Waals surface area contributed by atoms with Crippen molar-refractivity contribution in [3.8, 4) is 5.75 Å². The summed E-state index contributed by atoms with van der Waals surface area (Å²) in [6.07, 6.45) is 1.35. The zero-order chi connectivity index (χ0) is 13.2. The first-order valence-electron chi connectivity index (χ1n) is 5.62.